The van der Waals surface area contributed by atoms with Gasteiger partial charge in [-0.05, 0) is 13.0 Å². The molecule has 1 rings (SSSR count). The maximum absolute atomic E-state index is 13.1. The van der Waals surface area contributed by atoms with Crippen LogP contribution < -0.4 is 0 Å². The van der Waals surface area contributed by atoms with Gasteiger partial charge in [-0.1, -0.05) is 20.8 Å². The van der Waals surface area contributed by atoms with E-state index in [1.54, 1.807) is 6.92 Å². The first-order valence-corrected chi connectivity index (χ1v) is 4.04. The van der Waals surface area contributed by atoms with Crippen LogP contribution in [0.4, 0.5) is 4.39 Å². The fraction of sp³-hybridized carbons (Fsp3) is 0.500. The fourth-order valence-electron chi connectivity index (χ4n) is 1.27. The number of hydrogen-bond donors (Lipinski definition) is 0. The molecule has 0 atom stereocenters. The van der Waals surface area contributed by atoms with Crippen LogP contribution in [0.2, 0.25) is 0 Å². The molecular formula is C10H14FN. The Morgan fingerprint density at radius 3 is 2.33 bits per heavy atom. The van der Waals surface area contributed by atoms with Crippen molar-refractivity contribution >= 4 is 0 Å². The van der Waals surface area contributed by atoms with Crippen LogP contribution in [0.5, 0.6) is 0 Å². The maximum atomic E-state index is 13.1. The molecule has 0 aliphatic carbocycles. The lowest BCUT2D eigenvalue weighted by Crippen LogP contribution is -2.16. The summed E-state index contributed by atoms with van der Waals surface area (Å²) in [6.07, 6.45) is 1.52. The van der Waals surface area contributed by atoms with Crippen molar-refractivity contribution in [1.29, 1.82) is 0 Å². The summed E-state index contributed by atoms with van der Waals surface area (Å²) in [5.74, 6) is -0.171. The molecule has 0 amide bonds. The largest absolute Gasteiger partial charge is 0.260 e. The molecular weight excluding hydrogens is 153 g/mol. The van der Waals surface area contributed by atoms with Crippen molar-refractivity contribution in [3.63, 3.8) is 0 Å². The number of nitrogens with zero attached hydrogens (tertiary/aromatic N) is 1. The highest BCUT2D eigenvalue weighted by Gasteiger charge is 2.19. The van der Waals surface area contributed by atoms with E-state index in [0.717, 1.165) is 5.69 Å². The summed E-state index contributed by atoms with van der Waals surface area (Å²) in [5, 5.41) is 0. The van der Waals surface area contributed by atoms with E-state index < -0.39 is 0 Å². The topological polar surface area (TPSA) is 12.9 Å². The van der Waals surface area contributed by atoms with Crippen molar-refractivity contribution in [2.24, 2.45) is 0 Å². The number of pyridine rings is 1. The lowest BCUT2D eigenvalue weighted by Gasteiger charge is -2.19. The average molecular weight is 167 g/mol. The summed E-state index contributed by atoms with van der Waals surface area (Å²) in [5.41, 5.74) is 1.42. The minimum atomic E-state index is -0.171. The van der Waals surface area contributed by atoms with Crippen LogP contribution in [0.15, 0.2) is 12.3 Å². The summed E-state index contributed by atoms with van der Waals surface area (Å²) in [7, 11) is 0. The molecule has 0 aliphatic heterocycles. The van der Waals surface area contributed by atoms with Gasteiger partial charge in [0.05, 0.1) is 5.69 Å². The lowest BCUT2D eigenvalue weighted by molar-refractivity contribution is 0.542. The van der Waals surface area contributed by atoms with Gasteiger partial charge in [0.25, 0.3) is 0 Å². The van der Waals surface area contributed by atoms with Gasteiger partial charge >= 0.3 is 0 Å². The maximum Gasteiger partial charge on any atom is 0.129 e. The second-order valence-electron chi connectivity index (χ2n) is 4.02. The van der Waals surface area contributed by atoms with Gasteiger partial charge in [0, 0.05) is 17.2 Å². The van der Waals surface area contributed by atoms with Gasteiger partial charge < -0.3 is 0 Å². The van der Waals surface area contributed by atoms with E-state index in [-0.39, 0.29) is 11.2 Å². The van der Waals surface area contributed by atoms with E-state index in [2.05, 4.69) is 4.98 Å². The van der Waals surface area contributed by atoms with Gasteiger partial charge in [-0.25, -0.2) is 4.39 Å². The quantitative estimate of drug-likeness (QED) is 0.579. The van der Waals surface area contributed by atoms with Gasteiger partial charge in [-0.15, -0.1) is 0 Å². The lowest BCUT2D eigenvalue weighted by atomic mass is 9.89. The van der Waals surface area contributed by atoms with Gasteiger partial charge in [-0.2, -0.15) is 0 Å². The molecule has 0 spiro atoms. The van der Waals surface area contributed by atoms with Crippen LogP contribution in [-0.4, -0.2) is 4.98 Å². The zero-order valence-corrected chi connectivity index (χ0v) is 7.98. The minimum Gasteiger partial charge on any atom is -0.260 e. The summed E-state index contributed by atoms with van der Waals surface area (Å²) in [4.78, 5) is 4.17. The fourth-order valence-corrected chi connectivity index (χ4v) is 1.27. The molecule has 1 aromatic rings. The van der Waals surface area contributed by atoms with Crippen LogP contribution in [0.25, 0.3) is 0 Å². The van der Waals surface area contributed by atoms with Crippen molar-refractivity contribution in [3.8, 4) is 0 Å². The number of rotatable bonds is 0. The molecule has 0 saturated heterocycles. The number of aromatic nitrogens is 1. The highest BCUT2D eigenvalue weighted by Crippen LogP contribution is 2.24. The molecule has 1 aromatic heterocycles. The molecule has 0 aliphatic rings. The van der Waals surface area contributed by atoms with Crippen molar-refractivity contribution in [1.82, 2.24) is 4.98 Å². The Morgan fingerprint density at radius 1 is 1.33 bits per heavy atom. The van der Waals surface area contributed by atoms with Crippen LogP contribution >= 0.6 is 0 Å². The summed E-state index contributed by atoms with van der Waals surface area (Å²) >= 11 is 0. The van der Waals surface area contributed by atoms with Gasteiger partial charge in [-0.3, -0.25) is 4.98 Å². The van der Waals surface area contributed by atoms with Gasteiger partial charge in [0.2, 0.25) is 0 Å². The number of halogens is 1. The van der Waals surface area contributed by atoms with Gasteiger partial charge in [0.1, 0.15) is 5.82 Å². The highest BCUT2D eigenvalue weighted by atomic mass is 19.1. The van der Waals surface area contributed by atoms with E-state index >= 15 is 0 Å². The normalized spacial score (nSPS) is 11.8. The third kappa shape index (κ3) is 1.63. The molecule has 0 fully saturated rings. The van der Waals surface area contributed by atoms with Crippen molar-refractivity contribution in [3.05, 3.63) is 29.3 Å². The van der Waals surface area contributed by atoms with Crippen molar-refractivity contribution in [2.45, 2.75) is 33.1 Å². The van der Waals surface area contributed by atoms with E-state index in [9.17, 15) is 4.39 Å². The zero-order chi connectivity index (χ0) is 9.35. The molecule has 1 nitrogen and oxygen atoms in total. The monoisotopic (exact) mass is 167 g/mol. The van der Waals surface area contributed by atoms with E-state index in [1.165, 1.54) is 12.3 Å². The Kier molecular flexibility index (Phi) is 2.18. The van der Waals surface area contributed by atoms with Crippen LogP contribution in [0.1, 0.15) is 32.0 Å². The molecule has 0 radical (unpaired) electrons. The second kappa shape index (κ2) is 2.85. The minimum absolute atomic E-state index is 0.0772. The molecule has 0 bridgehead atoms. The first-order valence-electron chi connectivity index (χ1n) is 4.04. The Morgan fingerprint density at radius 2 is 1.92 bits per heavy atom. The highest BCUT2D eigenvalue weighted by molar-refractivity contribution is 5.25. The second-order valence-corrected chi connectivity index (χ2v) is 4.02. The van der Waals surface area contributed by atoms with Crippen molar-refractivity contribution in [2.75, 3.05) is 0 Å². The predicted molar refractivity (Wildman–Crippen MR) is 47.6 cm³/mol. The zero-order valence-electron chi connectivity index (χ0n) is 7.98. The van der Waals surface area contributed by atoms with Crippen LogP contribution in [0.3, 0.4) is 0 Å². The summed E-state index contributed by atoms with van der Waals surface area (Å²) < 4.78 is 13.1. The summed E-state index contributed by atoms with van der Waals surface area (Å²) in [6.45, 7) is 7.86. The first-order chi connectivity index (χ1) is 5.43. The average Bonchev–Trinajstić information content (AvgIpc) is 1.92. The van der Waals surface area contributed by atoms with E-state index in [1.807, 2.05) is 20.8 Å². The van der Waals surface area contributed by atoms with Crippen LogP contribution in [0, 0.1) is 12.7 Å². The smallest absolute Gasteiger partial charge is 0.129 e. The SMILES string of the molecule is Cc1c(F)ccnc1C(C)(C)C. The molecule has 0 aromatic carbocycles. The molecule has 66 valence electrons. The Bertz CT molecular complexity index is 286. The molecule has 0 saturated carbocycles. The number of hydrogen-bond acceptors (Lipinski definition) is 1. The van der Waals surface area contributed by atoms with E-state index in [4.69, 9.17) is 0 Å². The molecule has 12 heavy (non-hydrogen) atoms. The molecule has 0 unspecified atom stereocenters. The third-order valence-corrected chi connectivity index (χ3v) is 1.85. The van der Waals surface area contributed by atoms with Crippen LogP contribution in [-0.2, 0) is 5.41 Å². The van der Waals surface area contributed by atoms with Crippen molar-refractivity contribution < 1.29 is 4.39 Å². The predicted octanol–water partition coefficient (Wildman–Crippen LogP) is 2.83. The Balaban J connectivity index is 3.26. The third-order valence-electron chi connectivity index (χ3n) is 1.85. The molecule has 1 heterocycles. The standard InChI is InChI=1S/C10H14FN/c1-7-8(11)5-6-12-9(7)10(2,3)4/h5-6H,1-4H3. The van der Waals surface area contributed by atoms with E-state index in [0.29, 0.717) is 5.56 Å². The van der Waals surface area contributed by atoms with Gasteiger partial charge in [0.15, 0.2) is 0 Å². The summed E-state index contributed by atoms with van der Waals surface area (Å²) in [6, 6.07) is 1.39. The Hall–Kier alpha value is -0.920. The first kappa shape index (κ1) is 9.17. The molecule has 2 heteroatoms. The molecule has 0 N–H and O–H groups in total. The Labute approximate surface area is 72.6 Å².